The molecule has 0 fully saturated rings. The Morgan fingerprint density at radius 1 is 0.862 bits per heavy atom. The Morgan fingerprint density at radius 2 is 1.34 bits per heavy atom. The number of rotatable bonds is 9. The predicted molar refractivity (Wildman–Crippen MR) is 115 cm³/mol. The second-order valence-electron chi connectivity index (χ2n) is 6.35. The van der Waals surface area contributed by atoms with Crippen molar-refractivity contribution in [1.82, 2.24) is 0 Å². The predicted octanol–water partition coefficient (Wildman–Crippen LogP) is 3.57. The second kappa shape index (κ2) is 11.1. The zero-order chi connectivity index (χ0) is 21.2. The normalized spacial score (nSPS) is 10.3. The van der Waals surface area contributed by atoms with Crippen LogP contribution in [0.1, 0.15) is 24.2 Å². The lowest BCUT2D eigenvalue weighted by molar-refractivity contribution is -0.114. The molecule has 154 valence electrons. The summed E-state index contributed by atoms with van der Waals surface area (Å²) in [5, 5.41) is 5.48. The highest BCUT2D eigenvalue weighted by Crippen LogP contribution is 2.16. The molecule has 0 aromatic heterocycles. The van der Waals surface area contributed by atoms with Crippen molar-refractivity contribution < 1.29 is 23.9 Å². The van der Waals surface area contributed by atoms with Crippen LogP contribution < -0.4 is 15.4 Å². The van der Waals surface area contributed by atoms with Crippen molar-refractivity contribution in [2.24, 2.45) is 0 Å². The van der Waals surface area contributed by atoms with E-state index < -0.39 is 5.97 Å². The molecule has 0 bridgehead atoms. The van der Waals surface area contributed by atoms with E-state index in [9.17, 15) is 14.4 Å². The number of benzene rings is 2. The van der Waals surface area contributed by atoms with Crippen molar-refractivity contribution in [3.63, 3.8) is 0 Å². The highest BCUT2D eigenvalue weighted by Gasteiger charge is 2.10. The summed E-state index contributed by atoms with van der Waals surface area (Å²) in [4.78, 5) is 35.8. The molecular formula is C21H24N2O5S. The van der Waals surface area contributed by atoms with Crippen molar-refractivity contribution in [2.45, 2.75) is 20.0 Å². The first-order valence-corrected chi connectivity index (χ1v) is 10.2. The molecule has 0 aliphatic rings. The molecule has 0 saturated heterocycles. The molecule has 8 heteroatoms. The van der Waals surface area contributed by atoms with Crippen LogP contribution in [0.3, 0.4) is 0 Å². The summed E-state index contributed by atoms with van der Waals surface area (Å²) in [6.45, 7) is 3.56. The summed E-state index contributed by atoms with van der Waals surface area (Å²) in [6.07, 6.45) is -0.194. The number of hydrogen-bond acceptors (Lipinski definition) is 6. The number of carbonyl (C=O) groups excluding carboxylic acids is 3. The van der Waals surface area contributed by atoms with Gasteiger partial charge in [0.05, 0.1) is 30.3 Å². The molecule has 0 atom stereocenters. The molecule has 0 heterocycles. The van der Waals surface area contributed by atoms with Crippen LogP contribution in [0, 0.1) is 0 Å². The Labute approximate surface area is 174 Å². The standard InChI is InChI=1S/C21H24N2O5S/c1-14(2)28-21(26)15-4-6-16(7-5-15)22-19(24)12-29-13-20(25)23-17-8-10-18(27-3)11-9-17/h4-11,14H,12-13H2,1-3H3,(H,22,24)(H,23,25). The van der Waals surface area contributed by atoms with Gasteiger partial charge in [0.15, 0.2) is 0 Å². The van der Waals surface area contributed by atoms with Gasteiger partial charge in [0, 0.05) is 11.4 Å². The van der Waals surface area contributed by atoms with Gasteiger partial charge in [-0.1, -0.05) is 0 Å². The minimum absolute atomic E-state index is 0.132. The maximum absolute atomic E-state index is 12.0. The third-order valence-corrected chi connectivity index (χ3v) is 4.52. The van der Waals surface area contributed by atoms with Crippen molar-refractivity contribution in [2.75, 3.05) is 29.2 Å². The van der Waals surface area contributed by atoms with E-state index in [4.69, 9.17) is 9.47 Å². The largest absolute Gasteiger partial charge is 0.497 e. The van der Waals surface area contributed by atoms with Gasteiger partial charge in [0.25, 0.3) is 0 Å². The van der Waals surface area contributed by atoms with Gasteiger partial charge in [-0.05, 0) is 62.4 Å². The van der Waals surface area contributed by atoms with Crippen molar-refractivity contribution in [3.05, 3.63) is 54.1 Å². The average molecular weight is 416 g/mol. The van der Waals surface area contributed by atoms with Gasteiger partial charge in [-0.2, -0.15) is 0 Å². The smallest absolute Gasteiger partial charge is 0.338 e. The molecule has 0 aliphatic heterocycles. The van der Waals surface area contributed by atoms with Crippen molar-refractivity contribution >= 4 is 40.9 Å². The van der Waals surface area contributed by atoms with Crippen LogP contribution >= 0.6 is 11.8 Å². The molecule has 0 saturated carbocycles. The zero-order valence-electron chi connectivity index (χ0n) is 16.6. The molecule has 29 heavy (non-hydrogen) atoms. The van der Waals surface area contributed by atoms with E-state index in [1.807, 2.05) is 0 Å². The maximum Gasteiger partial charge on any atom is 0.338 e. The van der Waals surface area contributed by atoms with E-state index in [2.05, 4.69) is 10.6 Å². The van der Waals surface area contributed by atoms with Gasteiger partial charge in [0.1, 0.15) is 5.75 Å². The molecule has 2 rings (SSSR count). The third-order valence-electron chi connectivity index (χ3n) is 3.59. The topological polar surface area (TPSA) is 93.7 Å². The molecule has 2 N–H and O–H groups in total. The minimum atomic E-state index is -0.406. The van der Waals surface area contributed by atoms with Crippen LogP contribution in [-0.2, 0) is 14.3 Å². The molecule has 0 unspecified atom stereocenters. The van der Waals surface area contributed by atoms with E-state index in [0.717, 1.165) is 0 Å². The number of methoxy groups -OCH3 is 1. The fourth-order valence-electron chi connectivity index (χ4n) is 2.28. The number of carbonyl (C=O) groups is 3. The quantitative estimate of drug-likeness (QED) is 0.607. The average Bonchev–Trinajstić information content (AvgIpc) is 2.68. The lowest BCUT2D eigenvalue weighted by Gasteiger charge is -2.09. The third kappa shape index (κ3) is 7.87. The Kier molecular flexibility index (Phi) is 8.54. The Balaban J connectivity index is 1.72. The summed E-state index contributed by atoms with van der Waals surface area (Å²) < 4.78 is 10.2. The summed E-state index contributed by atoms with van der Waals surface area (Å²) in [5.41, 5.74) is 1.65. The van der Waals surface area contributed by atoms with Gasteiger partial charge in [-0.25, -0.2) is 4.79 Å². The first-order valence-electron chi connectivity index (χ1n) is 9.00. The van der Waals surface area contributed by atoms with Gasteiger partial charge in [-0.3, -0.25) is 9.59 Å². The number of amides is 2. The molecular weight excluding hydrogens is 392 g/mol. The fraction of sp³-hybridized carbons (Fsp3) is 0.286. The van der Waals surface area contributed by atoms with Crippen LogP contribution in [-0.4, -0.2) is 42.5 Å². The lowest BCUT2D eigenvalue weighted by atomic mass is 10.2. The molecule has 0 radical (unpaired) electrons. The minimum Gasteiger partial charge on any atom is -0.497 e. The first kappa shape index (κ1) is 22.3. The Bertz CT molecular complexity index is 835. The Hall–Kier alpha value is -3.00. The van der Waals surface area contributed by atoms with E-state index in [1.165, 1.54) is 11.8 Å². The summed E-state index contributed by atoms with van der Waals surface area (Å²) in [6, 6.07) is 13.5. The fourth-order valence-corrected chi connectivity index (χ4v) is 2.89. The summed E-state index contributed by atoms with van der Waals surface area (Å²) in [7, 11) is 1.57. The molecule has 7 nitrogen and oxygen atoms in total. The number of hydrogen-bond donors (Lipinski definition) is 2. The van der Waals surface area contributed by atoms with Crippen LogP contribution in [0.4, 0.5) is 11.4 Å². The van der Waals surface area contributed by atoms with Crippen molar-refractivity contribution in [3.8, 4) is 5.75 Å². The van der Waals surface area contributed by atoms with E-state index >= 15 is 0 Å². The molecule has 2 aromatic rings. The molecule has 0 spiro atoms. The number of nitrogens with one attached hydrogen (secondary N) is 2. The first-order chi connectivity index (χ1) is 13.9. The number of anilines is 2. The van der Waals surface area contributed by atoms with Crippen LogP contribution in [0.5, 0.6) is 5.75 Å². The molecule has 0 aliphatic carbocycles. The highest BCUT2D eigenvalue weighted by molar-refractivity contribution is 8.00. The van der Waals surface area contributed by atoms with E-state index in [0.29, 0.717) is 22.7 Å². The zero-order valence-corrected chi connectivity index (χ0v) is 17.4. The molecule has 2 aromatic carbocycles. The second-order valence-corrected chi connectivity index (χ2v) is 7.33. The summed E-state index contributed by atoms with van der Waals surface area (Å²) in [5.74, 6) is 0.160. The van der Waals surface area contributed by atoms with Gasteiger partial charge < -0.3 is 20.1 Å². The van der Waals surface area contributed by atoms with Crippen molar-refractivity contribution in [1.29, 1.82) is 0 Å². The number of esters is 1. The van der Waals surface area contributed by atoms with Crippen LogP contribution in [0.2, 0.25) is 0 Å². The Morgan fingerprint density at radius 3 is 1.79 bits per heavy atom. The monoisotopic (exact) mass is 416 g/mol. The van der Waals surface area contributed by atoms with Gasteiger partial charge >= 0.3 is 5.97 Å². The van der Waals surface area contributed by atoms with Gasteiger partial charge in [-0.15, -0.1) is 11.8 Å². The maximum atomic E-state index is 12.0. The van der Waals surface area contributed by atoms with E-state index in [1.54, 1.807) is 69.5 Å². The molecule has 2 amide bonds. The summed E-state index contributed by atoms with van der Waals surface area (Å²) >= 11 is 1.21. The number of thioether (sulfide) groups is 1. The van der Waals surface area contributed by atoms with Gasteiger partial charge in [0.2, 0.25) is 11.8 Å². The lowest BCUT2D eigenvalue weighted by Crippen LogP contribution is -2.18. The van der Waals surface area contributed by atoms with E-state index in [-0.39, 0.29) is 29.4 Å². The highest BCUT2D eigenvalue weighted by atomic mass is 32.2. The SMILES string of the molecule is COc1ccc(NC(=O)CSCC(=O)Nc2ccc(C(=O)OC(C)C)cc2)cc1. The van der Waals surface area contributed by atoms with Crippen LogP contribution in [0.25, 0.3) is 0 Å². The van der Waals surface area contributed by atoms with Crippen LogP contribution in [0.15, 0.2) is 48.5 Å². The number of ether oxygens (including phenoxy) is 2.